The van der Waals surface area contributed by atoms with Gasteiger partial charge in [0.15, 0.2) is 0 Å². The topological polar surface area (TPSA) is 193 Å². The van der Waals surface area contributed by atoms with Gasteiger partial charge in [0.1, 0.15) is 36.1 Å². The molecule has 0 spiro atoms. The fourth-order valence-electron chi connectivity index (χ4n) is 10.2. The minimum absolute atomic E-state index is 0.0696. The number of rotatable bonds is 11. The number of hydrogen-bond donors (Lipinski definition) is 4. The van der Waals surface area contributed by atoms with Gasteiger partial charge < -0.3 is 49.3 Å². The van der Waals surface area contributed by atoms with Crippen LogP contribution in [-0.2, 0) is 30.4 Å². The largest absolute Gasteiger partial charge is 0.488 e. The molecular weight excluding hydrogens is 829 g/mol. The molecule has 65 heavy (non-hydrogen) atoms. The highest BCUT2D eigenvalue weighted by Crippen LogP contribution is 2.54. The molecular formula is C49H52N8O8. The normalized spacial score (nSPS) is 21.6. The van der Waals surface area contributed by atoms with Gasteiger partial charge >= 0.3 is 12.2 Å². The number of aromatic nitrogens is 4. The number of benzene rings is 4. The molecule has 1 aliphatic carbocycles. The maximum atomic E-state index is 14.3. The summed E-state index contributed by atoms with van der Waals surface area (Å²) in [4.78, 5) is 73.6. The molecule has 2 aromatic heterocycles. The van der Waals surface area contributed by atoms with Gasteiger partial charge in [0, 0.05) is 36.6 Å². The first-order chi connectivity index (χ1) is 31.5. The molecule has 3 fully saturated rings. The lowest BCUT2D eigenvalue weighted by Crippen LogP contribution is -2.52. The Labute approximate surface area is 375 Å². The molecule has 4 N–H and O–H groups in total. The molecule has 3 aliphatic heterocycles. The number of piperidine rings is 1. The molecule has 1 saturated carbocycles. The number of ether oxygens (including phenoxy) is 4. The van der Waals surface area contributed by atoms with Crippen molar-refractivity contribution in [1.29, 1.82) is 0 Å². The van der Waals surface area contributed by atoms with Gasteiger partial charge in [-0.1, -0.05) is 62.4 Å². The van der Waals surface area contributed by atoms with E-state index in [0.717, 1.165) is 74.2 Å². The van der Waals surface area contributed by atoms with Crippen LogP contribution in [0.2, 0.25) is 0 Å². The zero-order chi connectivity index (χ0) is 45.1. The van der Waals surface area contributed by atoms with Crippen LogP contribution in [0.1, 0.15) is 74.0 Å². The summed E-state index contributed by atoms with van der Waals surface area (Å²) in [6.45, 7) is 5.12. The van der Waals surface area contributed by atoms with Gasteiger partial charge in [-0.05, 0) is 83.0 Å². The fourth-order valence-corrected chi connectivity index (χ4v) is 10.2. The third kappa shape index (κ3) is 7.68. The molecule has 10 rings (SSSR count). The predicted octanol–water partition coefficient (Wildman–Crippen LogP) is 7.34. The zero-order valence-corrected chi connectivity index (χ0v) is 36.9. The van der Waals surface area contributed by atoms with Crippen LogP contribution in [0.5, 0.6) is 5.75 Å². The van der Waals surface area contributed by atoms with Crippen molar-refractivity contribution in [3.8, 4) is 28.1 Å². The Bertz CT molecular complexity index is 2820. The smallest absolute Gasteiger partial charge is 0.407 e. The van der Waals surface area contributed by atoms with Crippen molar-refractivity contribution in [2.24, 2.45) is 17.8 Å². The minimum atomic E-state index is -0.946. The van der Waals surface area contributed by atoms with E-state index in [4.69, 9.17) is 28.9 Å². The second-order valence-electron chi connectivity index (χ2n) is 18.0. The molecule has 4 aliphatic rings. The number of aromatic amines is 2. The van der Waals surface area contributed by atoms with E-state index < -0.39 is 24.3 Å². The summed E-state index contributed by atoms with van der Waals surface area (Å²) in [5, 5.41) is 7.49. The first-order valence-corrected chi connectivity index (χ1v) is 22.2. The van der Waals surface area contributed by atoms with Crippen molar-refractivity contribution in [1.82, 2.24) is 40.4 Å². The van der Waals surface area contributed by atoms with Crippen LogP contribution in [0.25, 0.3) is 44.2 Å². The van der Waals surface area contributed by atoms with Crippen LogP contribution in [0.4, 0.5) is 9.59 Å². The monoisotopic (exact) mass is 880 g/mol. The molecule has 4 aromatic carbocycles. The lowest BCUT2D eigenvalue weighted by molar-refractivity contribution is -0.137. The second kappa shape index (κ2) is 16.9. The van der Waals surface area contributed by atoms with Crippen molar-refractivity contribution in [2.45, 2.75) is 69.9 Å². The maximum Gasteiger partial charge on any atom is 0.407 e. The number of amides is 4. The summed E-state index contributed by atoms with van der Waals surface area (Å²) >= 11 is 0. The number of methoxy groups -OCH3 is 3. The zero-order valence-electron chi connectivity index (χ0n) is 36.9. The summed E-state index contributed by atoms with van der Waals surface area (Å²) in [7, 11) is 4.23. The molecule has 4 amide bonds. The standard InChI is InChI=1S/C49H52N8O8/c1-25(2)41(54-48(60)63-4)47(59)57-37-18-30(37)19-39(57)45-51-35-14-12-28-17-34-32-13-11-29(16-31(32)24-65-40(34)20-33(28)43(35)53-45)36-21-50-44(52-36)38-15-26(23-62-3)22-56(38)46(58)42(55-49(61)64-5)27-9-7-6-8-10-27/h6-14,16-17,20-21,25-26,30,37-39,41-42H,15,18-19,22-24H2,1-5H3,(H,50,52)(H,51,53)(H,54,60)(H,55,61)/t26-,30+,37+,38?,39?,41-,42+/m0/s1. The van der Waals surface area contributed by atoms with Crippen molar-refractivity contribution in [2.75, 3.05) is 34.5 Å². The molecule has 2 unspecified atom stereocenters. The van der Waals surface area contributed by atoms with Gasteiger partial charge in [-0.15, -0.1) is 0 Å². The van der Waals surface area contributed by atoms with Crippen LogP contribution in [-0.4, -0.2) is 100 Å². The van der Waals surface area contributed by atoms with E-state index in [2.05, 4.69) is 57.0 Å². The highest BCUT2D eigenvalue weighted by Gasteiger charge is 2.56. The highest BCUT2D eigenvalue weighted by atomic mass is 16.5. The molecule has 16 heteroatoms. The van der Waals surface area contributed by atoms with Crippen LogP contribution in [0.15, 0.2) is 79.0 Å². The van der Waals surface area contributed by atoms with E-state index in [1.54, 1.807) is 18.2 Å². The average molecular weight is 881 g/mol. The van der Waals surface area contributed by atoms with E-state index >= 15 is 0 Å². The quantitative estimate of drug-likeness (QED) is 0.102. The summed E-state index contributed by atoms with van der Waals surface area (Å²) in [5.41, 5.74) is 7.15. The molecule has 0 radical (unpaired) electrons. The predicted molar refractivity (Wildman–Crippen MR) is 240 cm³/mol. The van der Waals surface area contributed by atoms with Gasteiger partial charge in [-0.2, -0.15) is 0 Å². The summed E-state index contributed by atoms with van der Waals surface area (Å²) in [6, 6.07) is 21.6. The van der Waals surface area contributed by atoms with Crippen molar-refractivity contribution in [3.05, 3.63) is 102 Å². The Morgan fingerprint density at radius 3 is 2.42 bits per heavy atom. The Morgan fingerprint density at radius 1 is 0.846 bits per heavy atom. The Balaban J connectivity index is 0.908. The molecule has 2 saturated heterocycles. The number of alkyl carbamates (subject to hydrolysis) is 2. The van der Waals surface area contributed by atoms with Crippen molar-refractivity contribution >= 4 is 45.8 Å². The average Bonchev–Trinajstić information content (AvgIpc) is 3.79. The first kappa shape index (κ1) is 42.0. The van der Waals surface area contributed by atoms with E-state index in [0.29, 0.717) is 43.5 Å². The summed E-state index contributed by atoms with van der Waals surface area (Å²) in [5.74, 6) is 2.14. The summed E-state index contributed by atoms with van der Waals surface area (Å²) in [6.07, 6.45) is 2.88. The van der Waals surface area contributed by atoms with E-state index in [1.165, 1.54) is 14.2 Å². The van der Waals surface area contributed by atoms with Crippen LogP contribution in [0, 0.1) is 17.8 Å². The first-order valence-electron chi connectivity index (χ1n) is 22.2. The van der Waals surface area contributed by atoms with E-state index in [1.807, 2.05) is 55.1 Å². The van der Waals surface area contributed by atoms with E-state index in [-0.39, 0.29) is 41.8 Å². The lowest BCUT2D eigenvalue weighted by atomic mass is 9.92. The summed E-state index contributed by atoms with van der Waals surface area (Å²) < 4.78 is 21.7. The molecule has 16 nitrogen and oxygen atoms in total. The van der Waals surface area contributed by atoms with Gasteiger partial charge in [0.05, 0.1) is 55.8 Å². The third-order valence-electron chi connectivity index (χ3n) is 13.6. The molecule has 7 atom stereocenters. The number of carbonyl (C=O) groups excluding carboxylic acids is 4. The number of hydrogen-bond acceptors (Lipinski definition) is 10. The third-order valence-corrected chi connectivity index (χ3v) is 13.6. The Kier molecular flexibility index (Phi) is 10.9. The highest BCUT2D eigenvalue weighted by molar-refractivity contribution is 6.07. The van der Waals surface area contributed by atoms with Crippen LogP contribution in [0.3, 0.4) is 0 Å². The molecule has 5 heterocycles. The number of nitrogens with one attached hydrogen (secondary N) is 4. The Hall–Kier alpha value is -6.94. The number of imidazole rings is 2. The SMILES string of the molecule is COC[C@H]1CC(c2ncc(-c3ccc4c(c3)COc3cc5c(ccc6nc(C7C[C@H]8C[C@H]8N7C(=O)[C@@H](NC(=O)OC)C(C)C)[nH]c65)cc3-4)[nH]2)N(C(=O)[C@H](NC(=O)OC)c2ccccc2)C1. The van der Waals surface area contributed by atoms with Gasteiger partial charge in [-0.3, -0.25) is 9.59 Å². The second-order valence-corrected chi connectivity index (χ2v) is 18.0. The van der Waals surface area contributed by atoms with Crippen molar-refractivity contribution < 1.29 is 38.1 Å². The molecule has 336 valence electrons. The van der Waals surface area contributed by atoms with Crippen molar-refractivity contribution in [3.63, 3.8) is 0 Å². The van der Waals surface area contributed by atoms with Gasteiger partial charge in [0.25, 0.3) is 5.91 Å². The number of carbonyl (C=O) groups is 4. The van der Waals surface area contributed by atoms with Gasteiger partial charge in [0.2, 0.25) is 5.91 Å². The lowest BCUT2D eigenvalue weighted by Gasteiger charge is -2.31. The maximum absolute atomic E-state index is 14.3. The number of H-pyrrole nitrogens is 2. The Morgan fingerprint density at radius 2 is 1.65 bits per heavy atom. The van der Waals surface area contributed by atoms with Crippen LogP contribution >= 0.6 is 0 Å². The minimum Gasteiger partial charge on any atom is -0.488 e. The molecule has 6 aromatic rings. The number of nitrogens with zero attached hydrogens (tertiary/aromatic N) is 4. The molecule has 0 bridgehead atoms. The van der Waals surface area contributed by atoms with Crippen LogP contribution < -0.4 is 15.4 Å². The number of fused-ring (bicyclic) bond motifs is 7. The van der Waals surface area contributed by atoms with E-state index in [9.17, 15) is 19.2 Å². The van der Waals surface area contributed by atoms with Gasteiger partial charge in [-0.25, -0.2) is 19.6 Å². The number of likely N-dealkylation sites (tertiary alicyclic amines) is 2. The fraction of sp³-hybridized carbons (Fsp3) is 0.388.